The minimum Gasteiger partial charge on any atom is -0.358 e. The number of nitrogens with zero attached hydrogens (tertiary/aromatic N) is 3. The van der Waals surface area contributed by atoms with Gasteiger partial charge in [-0.1, -0.05) is 17.7 Å². The second-order valence-corrected chi connectivity index (χ2v) is 4.49. The second kappa shape index (κ2) is 4.89. The molecule has 7 heteroatoms. The van der Waals surface area contributed by atoms with Crippen molar-refractivity contribution in [2.45, 2.75) is 6.92 Å². The van der Waals surface area contributed by atoms with Gasteiger partial charge in [0.25, 0.3) is 0 Å². The quantitative estimate of drug-likeness (QED) is 0.889. The van der Waals surface area contributed by atoms with E-state index < -0.39 is 11.4 Å². The first kappa shape index (κ1) is 13.4. The highest BCUT2D eigenvalue weighted by Crippen LogP contribution is 2.17. The molecule has 1 N–H and O–H groups in total. The number of rotatable bonds is 2. The van der Waals surface area contributed by atoms with Crippen LogP contribution in [0.5, 0.6) is 0 Å². The highest BCUT2D eigenvalue weighted by atomic mass is 35.5. The fourth-order valence-electron chi connectivity index (χ4n) is 1.70. The smallest absolute Gasteiger partial charge is 0.358 e. The zero-order valence-electron chi connectivity index (χ0n) is 10.8. The van der Waals surface area contributed by atoms with E-state index in [1.165, 1.54) is 11.6 Å². The van der Waals surface area contributed by atoms with Gasteiger partial charge in [-0.3, -0.25) is 4.57 Å². The lowest BCUT2D eigenvalue weighted by molar-refractivity contribution is 0.702. The van der Waals surface area contributed by atoms with E-state index in [0.717, 1.165) is 10.1 Å². The van der Waals surface area contributed by atoms with Crippen molar-refractivity contribution in [2.24, 2.45) is 7.05 Å². The first-order valence-corrected chi connectivity index (χ1v) is 5.98. The molecule has 0 aliphatic rings. The Morgan fingerprint density at radius 3 is 2.58 bits per heavy atom. The van der Waals surface area contributed by atoms with Crippen LogP contribution in [0.3, 0.4) is 0 Å². The molecule has 1 aromatic carbocycles. The maximum Gasteiger partial charge on any atom is 0.359 e. The molecule has 0 atom stereocenters. The standard InChI is InChI=1S/C12H13ClN4O2/c1-7-4-5-8(6-9(7)13)17-11(18)15-10(14-2)16(3)12(17)19/h4-6H,1-3H3,(H,14,15,18). The molecule has 0 saturated heterocycles. The average molecular weight is 281 g/mol. The van der Waals surface area contributed by atoms with Gasteiger partial charge in [-0.05, 0) is 24.6 Å². The predicted octanol–water partition coefficient (Wildman–Crippen LogP) is 0.935. The molecule has 0 saturated carbocycles. The molecule has 0 spiro atoms. The highest BCUT2D eigenvalue weighted by Gasteiger charge is 2.11. The van der Waals surface area contributed by atoms with E-state index in [9.17, 15) is 9.59 Å². The molecule has 100 valence electrons. The van der Waals surface area contributed by atoms with Crippen molar-refractivity contribution in [1.82, 2.24) is 14.1 Å². The van der Waals surface area contributed by atoms with E-state index in [1.807, 2.05) is 6.92 Å². The molecule has 0 amide bonds. The molecule has 6 nitrogen and oxygen atoms in total. The molecule has 1 heterocycles. The van der Waals surface area contributed by atoms with Gasteiger partial charge in [0.05, 0.1) is 5.69 Å². The number of nitrogens with one attached hydrogen (secondary N) is 1. The van der Waals surface area contributed by atoms with Crippen molar-refractivity contribution >= 4 is 17.5 Å². The Labute approximate surface area is 114 Å². The average Bonchev–Trinajstić information content (AvgIpc) is 2.38. The summed E-state index contributed by atoms with van der Waals surface area (Å²) >= 11 is 6.01. The zero-order valence-corrected chi connectivity index (χ0v) is 11.5. The fourth-order valence-corrected chi connectivity index (χ4v) is 1.88. The number of aryl methyl sites for hydroxylation is 1. The highest BCUT2D eigenvalue weighted by molar-refractivity contribution is 6.31. The monoisotopic (exact) mass is 280 g/mol. The summed E-state index contributed by atoms with van der Waals surface area (Å²) in [5.74, 6) is 0.212. The van der Waals surface area contributed by atoms with Gasteiger partial charge in [0, 0.05) is 19.1 Å². The maximum absolute atomic E-state index is 12.2. The van der Waals surface area contributed by atoms with E-state index >= 15 is 0 Å². The van der Waals surface area contributed by atoms with Gasteiger partial charge in [0.2, 0.25) is 5.95 Å². The van der Waals surface area contributed by atoms with Crippen LogP contribution in [0, 0.1) is 6.92 Å². The van der Waals surface area contributed by atoms with E-state index in [1.54, 1.807) is 25.2 Å². The number of hydrogen-bond donors (Lipinski definition) is 1. The number of aromatic nitrogens is 3. The zero-order chi connectivity index (χ0) is 14.2. The molecule has 0 aliphatic heterocycles. The van der Waals surface area contributed by atoms with Gasteiger partial charge in [-0.25, -0.2) is 14.2 Å². The van der Waals surface area contributed by atoms with Crippen LogP contribution in [0.25, 0.3) is 5.69 Å². The largest absolute Gasteiger partial charge is 0.359 e. The van der Waals surface area contributed by atoms with Crippen LogP contribution in [0.1, 0.15) is 5.56 Å². The summed E-state index contributed by atoms with van der Waals surface area (Å²) in [5.41, 5.74) is 0.142. The molecule has 19 heavy (non-hydrogen) atoms. The Balaban J connectivity index is 2.76. The van der Waals surface area contributed by atoms with Crippen molar-refractivity contribution in [3.63, 3.8) is 0 Å². The summed E-state index contributed by atoms with van der Waals surface area (Å²) in [4.78, 5) is 27.9. The van der Waals surface area contributed by atoms with Crippen molar-refractivity contribution < 1.29 is 0 Å². The topological polar surface area (TPSA) is 68.9 Å². The van der Waals surface area contributed by atoms with Gasteiger partial charge in [0.15, 0.2) is 0 Å². The third kappa shape index (κ3) is 2.26. The lowest BCUT2D eigenvalue weighted by Crippen LogP contribution is -2.40. The van der Waals surface area contributed by atoms with Crippen molar-refractivity contribution in [3.8, 4) is 5.69 Å². The predicted molar refractivity (Wildman–Crippen MR) is 74.4 cm³/mol. The third-order valence-electron chi connectivity index (χ3n) is 2.83. The number of halogens is 1. The first-order valence-electron chi connectivity index (χ1n) is 5.60. The normalized spacial score (nSPS) is 10.5. The summed E-state index contributed by atoms with van der Waals surface area (Å²) < 4.78 is 2.24. The second-order valence-electron chi connectivity index (χ2n) is 4.08. The SMILES string of the molecule is CNc1nc(=O)n(-c2ccc(C)c(Cl)c2)c(=O)n1C. The molecule has 1 aromatic heterocycles. The Morgan fingerprint density at radius 1 is 1.32 bits per heavy atom. The summed E-state index contributed by atoms with van der Waals surface area (Å²) in [6, 6.07) is 4.97. The van der Waals surface area contributed by atoms with Crippen LogP contribution >= 0.6 is 11.6 Å². The van der Waals surface area contributed by atoms with E-state index in [2.05, 4.69) is 10.3 Å². The van der Waals surface area contributed by atoms with Crippen molar-refractivity contribution in [1.29, 1.82) is 0 Å². The minimum atomic E-state index is -0.646. The van der Waals surface area contributed by atoms with E-state index in [4.69, 9.17) is 11.6 Å². The molecule has 0 unspecified atom stereocenters. The van der Waals surface area contributed by atoms with Crippen LogP contribution in [-0.2, 0) is 7.05 Å². The summed E-state index contributed by atoms with van der Waals surface area (Å²) in [6.07, 6.45) is 0. The van der Waals surface area contributed by atoms with Crippen LogP contribution in [0.4, 0.5) is 5.95 Å². The summed E-state index contributed by atoms with van der Waals surface area (Å²) in [7, 11) is 3.13. The Morgan fingerprint density at radius 2 is 2.00 bits per heavy atom. The third-order valence-corrected chi connectivity index (χ3v) is 3.23. The Kier molecular flexibility index (Phi) is 3.44. The van der Waals surface area contributed by atoms with Gasteiger partial charge in [-0.2, -0.15) is 4.98 Å². The van der Waals surface area contributed by atoms with Gasteiger partial charge in [0.1, 0.15) is 0 Å². The van der Waals surface area contributed by atoms with Crippen molar-refractivity contribution in [2.75, 3.05) is 12.4 Å². The fraction of sp³-hybridized carbons (Fsp3) is 0.250. The van der Waals surface area contributed by atoms with Gasteiger partial charge >= 0.3 is 11.4 Å². The number of benzene rings is 1. The van der Waals surface area contributed by atoms with Gasteiger partial charge < -0.3 is 5.32 Å². The number of hydrogen-bond acceptors (Lipinski definition) is 4. The van der Waals surface area contributed by atoms with Crippen LogP contribution in [-0.4, -0.2) is 21.2 Å². The molecule has 2 aromatic rings. The molecule has 0 fully saturated rings. The van der Waals surface area contributed by atoms with Crippen LogP contribution in [0.2, 0.25) is 5.02 Å². The lowest BCUT2D eigenvalue weighted by Gasteiger charge is -2.10. The lowest BCUT2D eigenvalue weighted by atomic mass is 10.2. The molecule has 0 bridgehead atoms. The summed E-state index contributed by atoms with van der Waals surface area (Å²) in [6.45, 7) is 1.84. The number of anilines is 1. The molecular weight excluding hydrogens is 268 g/mol. The first-order chi connectivity index (χ1) is 8.95. The maximum atomic E-state index is 12.2. The van der Waals surface area contributed by atoms with E-state index in [0.29, 0.717) is 10.7 Å². The molecule has 0 aliphatic carbocycles. The van der Waals surface area contributed by atoms with E-state index in [-0.39, 0.29) is 5.95 Å². The van der Waals surface area contributed by atoms with Crippen molar-refractivity contribution in [3.05, 3.63) is 49.8 Å². The molecular formula is C12H13ClN4O2. The summed E-state index contributed by atoms with van der Waals surface area (Å²) in [5, 5.41) is 3.18. The Hall–Kier alpha value is -2.08. The van der Waals surface area contributed by atoms with Crippen LogP contribution in [0.15, 0.2) is 27.8 Å². The molecule has 0 radical (unpaired) electrons. The Bertz CT molecular complexity index is 748. The molecule has 2 rings (SSSR count). The van der Waals surface area contributed by atoms with Crippen LogP contribution < -0.4 is 16.7 Å². The van der Waals surface area contributed by atoms with Gasteiger partial charge in [-0.15, -0.1) is 0 Å². The minimum absolute atomic E-state index is 0.212.